The molecule has 0 saturated carbocycles. The van der Waals surface area contributed by atoms with Gasteiger partial charge in [-0.05, 0) is 41.2 Å². The fourth-order valence-electron chi connectivity index (χ4n) is 4.63. The van der Waals surface area contributed by atoms with Crippen LogP contribution in [-0.2, 0) is 4.79 Å². The monoisotopic (exact) mass is 533 g/mol. The minimum absolute atomic E-state index is 0.00543. The average molecular weight is 534 g/mol. The first-order chi connectivity index (χ1) is 18.1. The minimum Gasteiger partial charge on any atom is -0.369 e. The number of carbonyl (C=O) groups excluding carboxylic acids is 1. The second-order valence-corrected chi connectivity index (χ2v) is 9.89. The Morgan fingerprint density at radius 3 is 2.08 bits per heavy atom. The molecule has 206 valence electrons. The molecule has 0 bridgehead atoms. The van der Waals surface area contributed by atoms with Gasteiger partial charge < -0.3 is 10.2 Å². The van der Waals surface area contributed by atoms with Crippen molar-refractivity contribution in [1.82, 2.24) is 15.5 Å². The van der Waals surface area contributed by atoms with Gasteiger partial charge in [0.25, 0.3) is 0 Å². The van der Waals surface area contributed by atoms with Crippen LogP contribution in [0.15, 0.2) is 48.5 Å². The number of amides is 1. The van der Waals surface area contributed by atoms with Crippen LogP contribution in [0.25, 0.3) is 11.1 Å². The van der Waals surface area contributed by atoms with Gasteiger partial charge >= 0.3 is 6.18 Å². The van der Waals surface area contributed by atoms with Gasteiger partial charge in [0, 0.05) is 38.4 Å². The number of nitrogens with one attached hydrogen (secondary N) is 2. The Balaban J connectivity index is 1.72. The van der Waals surface area contributed by atoms with E-state index in [1.165, 1.54) is 12.1 Å². The zero-order valence-corrected chi connectivity index (χ0v) is 21.8. The highest BCUT2D eigenvalue weighted by atomic mass is 19.4. The van der Waals surface area contributed by atoms with E-state index in [0.29, 0.717) is 6.54 Å². The largest absolute Gasteiger partial charge is 0.407 e. The van der Waals surface area contributed by atoms with Crippen molar-refractivity contribution in [3.63, 3.8) is 0 Å². The molecule has 2 aromatic rings. The molecule has 3 rings (SSSR count). The highest BCUT2D eigenvalue weighted by Crippen LogP contribution is 2.35. The van der Waals surface area contributed by atoms with Gasteiger partial charge in [0.2, 0.25) is 5.91 Å². The third kappa shape index (κ3) is 8.17. The zero-order valence-electron chi connectivity index (χ0n) is 21.8. The smallest absolute Gasteiger partial charge is 0.369 e. The average Bonchev–Trinajstić information content (AvgIpc) is 2.89. The number of anilines is 1. The van der Waals surface area contributed by atoms with Crippen molar-refractivity contribution < 1.29 is 22.4 Å². The van der Waals surface area contributed by atoms with E-state index >= 15 is 0 Å². The van der Waals surface area contributed by atoms with Crippen molar-refractivity contribution in [2.45, 2.75) is 38.5 Å². The lowest BCUT2D eigenvalue weighted by molar-refractivity contribution is -0.161. The molecule has 1 fully saturated rings. The fraction of sp³-hybridized carbons (Fsp3) is 0.500. The topological polar surface area (TPSA) is 71.4 Å². The summed E-state index contributed by atoms with van der Waals surface area (Å²) in [5.74, 6) is -0.659. The molecule has 0 radical (unpaired) electrons. The maximum atomic E-state index is 14.1. The van der Waals surface area contributed by atoms with Gasteiger partial charge in [-0.25, -0.2) is 4.39 Å². The molecule has 1 saturated heterocycles. The summed E-state index contributed by atoms with van der Waals surface area (Å²) >= 11 is 0. The highest BCUT2D eigenvalue weighted by molar-refractivity contribution is 5.82. The molecule has 0 aliphatic carbocycles. The van der Waals surface area contributed by atoms with Crippen LogP contribution in [0.1, 0.15) is 31.9 Å². The van der Waals surface area contributed by atoms with E-state index in [4.69, 9.17) is 5.26 Å². The first-order valence-electron chi connectivity index (χ1n) is 12.8. The summed E-state index contributed by atoms with van der Waals surface area (Å²) in [6.45, 7) is 6.72. The van der Waals surface area contributed by atoms with Crippen LogP contribution in [0.2, 0.25) is 0 Å². The number of hydrogen-bond donors (Lipinski definition) is 2. The molecule has 1 heterocycles. The van der Waals surface area contributed by atoms with Gasteiger partial charge in [0.1, 0.15) is 19.3 Å². The van der Waals surface area contributed by atoms with Crippen molar-refractivity contribution >= 4 is 11.6 Å². The Bertz CT molecular complexity index is 1060. The van der Waals surface area contributed by atoms with Crippen molar-refractivity contribution in [2.75, 3.05) is 50.8 Å². The second-order valence-electron chi connectivity index (χ2n) is 9.89. The molecule has 6 nitrogen and oxygen atoms in total. The van der Waals surface area contributed by atoms with E-state index in [0.717, 1.165) is 43.0 Å². The van der Waals surface area contributed by atoms with Crippen LogP contribution in [0, 0.1) is 17.2 Å². The molecule has 2 N–H and O–H groups in total. The minimum atomic E-state index is -4.62. The van der Waals surface area contributed by atoms with Crippen molar-refractivity contribution in [1.29, 1.82) is 5.26 Å². The Kier molecular flexibility index (Phi) is 10.5. The van der Waals surface area contributed by atoms with Gasteiger partial charge in [-0.2, -0.15) is 18.4 Å². The normalized spacial score (nSPS) is 16.2. The SMILES string of the molecule is CC(C)C[C@H](NC(c1ccc(-c2ccc(N3CCN(CCF)CC3)cc2)cc1)C(F)(F)F)C(=O)NCC#N. The lowest BCUT2D eigenvalue weighted by Gasteiger charge is -2.35. The molecule has 2 aromatic carbocycles. The fourth-order valence-corrected chi connectivity index (χ4v) is 4.63. The molecular weight excluding hydrogens is 498 g/mol. The number of hydrogen-bond acceptors (Lipinski definition) is 5. The summed E-state index contributed by atoms with van der Waals surface area (Å²) in [6.07, 6.45) is -4.43. The Labute approximate surface area is 221 Å². The summed E-state index contributed by atoms with van der Waals surface area (Å²) in [5, 5.41) is 13.6. The lowest BCUT2D eigenvalue weighted by atomic mass is 9.97. The molecule has 1 aliphatic rings. The van der Waals surface area contributed by atoms with E-state index in [1.54, 1.807) is 18.2 Å². The zero-order chi connectivity index (χ0) is 27.7. The number of carbonyl (C=O) groups is 1. The van der Waals surface area contributed by atoms with Gasteiger partial charge in [-0.3, -0.25) is 15.0 Å². The van der Waals surface area contributed by atoms with Crippen LogP contribution >= 0.6 is 0 Å². The predicted octanol–water partition coefficient (Wildman–Crippen LogP) is 4.69. The molecule has 0 aromatic heterocycles. The molecule has 1 unspecified atom stereocenters. The number of halogens is 4. The molecule has 38 heavy (non-hydrogen) atoms. The molecular formula is C28H35F4N5O. The van der Waals surface area contributed by atoms with Gasteiger partial charge in [0.15, 0.2) is 0 Å². The summed E-state index contributed by atoms with van der Waals surface area (Å²) < 4.78 is 54.7. The number of nitriles is 1. The van der Waals surface area contributed by atoms with E-state index in [2.05, 4.69) is 20.4 Å². The Morgan fingerprint density at radius 1 is 1.00 bits per heavy atom. The molecule has 1 amide bonds. The van der Waals surface area contributed by atoms with Crippen LogP contribution in [-0.4, -0.2) is 69.0 Å². The lowest BCUT2D eigenvalue weighted by Crippen LogP contribution is -2.49. The van der Waals surface area contributed by atoms with Crippen molar-refractivity contribution in [3.8, 4) is 17.2 Å². The number of nitrogens with zero attached hydrogens (tertiary/aromatic N) is 3. The number of rotatable bonds is 11. The number of benzene rings is 2. The second kappa shape index (κ2) is 13.6. The highest BCUT2D eigenvalue weighted by Gasteiger charge is 2.42. The van der Waals surface area contributed by atoms with Crippen molar-refractivity contribution in [3.05, 3.63) is 54.1 Å². The van der Waals surface area contributed by atoms with Crippen LogP contribution in [0.3, 0.4) is 0 Å². The quantitative estimate of drug-likeness (QED) is 0.324. The van der Waals surface area contributed by atoms with E-state index in [-0.39, 0.29) is 31.1 Å². The first kappa shape index (κ1) is 29.4. The van der Waals surface area contributed by atoms with Gasteiger partial charge in [-0.1, -0.05) is 50.2 Å². The van der Waals surface area contributed by atoms with Crippen molar-refractivity contribution in [2.24, 2.45) is 5.92 Å². The van der Waals surface area contributed by atoms with Crippen LogP contribution in [0.4, 0.5) is 23.2 Å². The molecule has 2 atom stereocenters. The van der Waals surface area contributed by atoms with E-state index in [1.807, 2.05) is 38.1 Å². The third-order valence-electron chi connectivity index (χ3n) is 6.64. The number of alkyl halides is 4. The maximum Gasteiger partial charge on any atom is 0.407 e. The van der Waals surface area contributed by atoms with Gasteiger partial charge in [0.05, 0.1) is 12.1 Å². The molecule has 1 aliphatic heterocycles. The summed E-state index contributed by atoms with van der Waals surface area (Å²) in [6, 6.07) is 12.7. The molecule has 0 spiro atoms. The number of piperazine rings is 1. The summed E-state index contributed by atoms with van der Waals surface area (Å²) in [4.78, 5) is 16.8. The van der Waals surface area contributed by atoms with E-state index < -0.39 is 24.2 Å². The van der Waals surface area contributed by atoms with E-state index in [9.17, 15) is 22.4 Å². The standard InChI is InChI=1S/C28H35F4N5O/c1-20(2)19-25(27(38)34-13-12-33)35-26(28(30,31)32)23-5-3-21(4-6-23)22-7-9-24(10-8-22)37-17-15-36(14-11-29)16-18-37/h3-10,20,25-26,35H,11,13-19H2,1-2H3,(H,34,38)/t25-,26?/m0/s1. The third-order valence-corrected chi connectivity index (χ3v) is 6.64. The first-order valence-corrected chi connectivity index (χ1v) is 12.8. The summed E-state index contributed by atoms with van der Waals surface area (Å²) in [5.41, 5.74) is 2.71. The predicted molar refractivity (Wildman–Crippen MR) is 140 cm³/mol. The Morgan fingerprint density at radius 2 is 1.58 bits per heavy atom. The van der Waals surface area contributed by atoms with Crippen LogP contribution < -0.4 is 15.5 Å². The maximum absolute atomic E-state index is 14.1. The Hall–Kier alpha value is -3.16. The molecule has 10 heteroatoms. The van der Waals surface area contributed by atoms with Crippen LogP contribution in [0.5, 0.6) is 0 Å². The van der Waals surface area contributed by atoms with Gasteiger partial charge in [-0.15, -0.1) is 0 Å². The summed E-state index contributed by atoms with van der Waals surface area (Å²) in [7, 11) is 0.